The van der Waals surface area contributed by atoms with Crippen LogP contribution in [0.4, 0.5) is 0 Å². The highest BCUT2D eigenvalue weighted by Crippen LogP contribution is 2.24. The van der Waals surface area contributed by atoms with Gasteiger partial charge in [-0.25, -0.2) is 0 Å². The molecule has 2 N–H and O–H groups in total. The third kappa shape index (κ3) is 4.66. The topological polar surface area (TPSA) is 44.5 Å². The van der Waals surface area contributed by atoms with Crippen LogP contribution in [-0.4, -0.2) is 13.2 Å². The highest BCUT2D eigenvalue weighted by Gasteiger charge is 2.05. The van der Waals surface area contributed by atoms with Crippen molar-refractivity contribution in [2.75, 3.05) is 7.11 Å². The molecule has 0 fully saturated rings. The predicted octanol–water partition coefficient (Wildman–Crippen LogP) is 3.82. The van der Waals surface area contributed by atoms with Gasteiger partial charge in [-0.3, -0.25) is 0 Å². The smallest absolute Gasteiger partial charge is 0.125 e. The number of hydrogen-bond donors (Lipinski definition) is 1. The summed E-state index contributed by atoms with van der Waals surface area (Å²) in [5.74, 6) is 1.58. The van der Waals surface area contributed by atoms with Gasteiger partial charge >= 0.3 is 0 Å². The third-order valence-electron chi connectivity index (χ3n) is 3.12. The number of benzene rings is 2. The van der Waals surface area contributed by atoms with Crippen molar-refractivity contribution in [2.45, 2.75) is 26.0 Å². The van der Waals surface area contributed by atoms with Crippen LogP contribution in [-0.2, 0) is 13.0 Å². The summed E-state index contributed by atoms with van der Waals surface area (Å²) in [5.41, 5.74) is 7.91. The molecule has 2 aromatic carbocycles. The number of rotatable bonds is 6. The van der Waals surface area contributed by atoms with Crippen LogP contribution in [0.5, 0.6) is 11.5 Å². The van der Waals surface area contributed by atoms with Gasteiger partial charge in [0.15, 0.2) is 0 Å². The molecule has 3 nitrogen and oxygen atoms in total. The van der Waals surface area contributed by atoms with Crippen LogP contribution < -0.4 is 15.2 Å². The second-order valence-electron chi connectivity index (χ2n) is 5.07. The van der Waals surface area contributed by atoms with Gasteiger partial charge in [0, 0.05) is 16.6 Å². The Balaban J connectivity index is 2.01. The summed E-state index contributed by atoms with van der Waals surface area (Å²) >= 11 is 6.00. The summed E-state index contributed by atoms with van der Waals surface area (Å²) < 4.78 is 11.1. The standard InChI is InChI=1S/C17H20ClNO2/c1-12(19)9-13-3-6-16(7-4-13)21-11-14-10-15(18)5-8-17(14)20-2/h3-8,10,12H,9,11,19H2,1-2H3. The molecule has 0 radical (unpaired) electrons. The molecule has 1 atom stereocenters. The maximum atomic E-state index is 6.00. The summed E-state index contributed by atoms with van der Waals surface area (Å²) in [6, 6.07) is 13.6. The Bertz CT molecular complexity index is 582. The minimum absolute atomic E-state index is 0.160. The molecule has 0 aliphatic carbocycles. The van der Waals surface area contributed by atoms with Crippen molar-refractivity contribution in [3.05, 3.63) is 58.6 Å². The lowest BCUT2D eigenvalue weighted by Crippen LogP contribution is -2.17. The molecule has 4 heteroatoms. The fourth-order valence-electron chi connectivity index (χ4n) is 2.11. The zero-order chi connectivity index (χ0) is 15.2. The SMILES string of the molecule is COc1ccc(Cl)cc1COc1ccc(CC(C)N)cc1. The number of nitrogens with two attached hydrogens (primary N) is 1. The molecule has 112 valence electrons. The maximum absolute atomic E-state index is 6.00. The van der Waals surface area contributed by atoms with Crippen molar-refractivity contribution in [1.29, 1.82) is 0 Å². The van der Waals surface area contributed by atoms with Crippen molar-refractivity contribution in [3.8, 4) is 11.5 Å². The molecule has 0 aliphatic rings. The van der Waals surface area contributed by atoms with E-state index in [1.54, 1.807) is 13.2 Å². The molecule has 0 saturated carbocycles. The third-order valence-corrected chi connectivity index (χ3v) is 3.35. The van der Waals surface area contributed by atoms with Gasteiger partial charge in [0.25, 0.3) is 0 Å². The Morgan fingerprint density at radius 2 is 1.86 bits per heavy atom. The Morgan fingerprint density at radius 3 is 2.48 bits per heavy atom. The van der Waals surface area contributed by atoms with Crippen molar-refractivity contribution in [1.82, 2.24) is 0 Å². The summed E-state index contributed by atoms with van der Waals surface area (Å²) in [5, 5.41) is 0.668. The van der Waals surface area contributed by atoms with Gasteiger partial charge in [-0.15, -0.1) is 0 Å². The van der Waals surface area contributed by atoms with E-state index in [0.717, 1.165) is 23.5 Å². The first-order valence-corrected chi connectivity index (χ1v) is 7.26. The molecule has 0 saturated heterocycles. The van der Waals surface area contributed by atoms with Gasteiger partial charge in [0.1, 0.15) is 18.1 Å². The molecule has 0 aromatic heterocycles. The van der Waals surface area contributed by atoms with E-state index in [1.165, 1.54) is 5.56 Å². The zero-order valence-corrected chi connectivity index (χ0v) is 13.1. The number of methoxy groups -OCH3 is 1. The Hall–Kier alpha value is -1.71. The van der Waals surface area contributed by atoms with Gasteiger partial charge in [-0.1, -0.05) is 23.7 Å². The van der Waals surface area contributed by atoms with E-state index < -0.39 is 0 Å². The van der Waals surface area contributed by atoms with Crippen molar-refractivity contribution < 1.29 is 9.47 Å². The molecule has 21 heavy (non-hydrogen) atoms. The summed E-state index contributed by atoms with van der Waals surface area (Å²) in [4.78, 5) is 0. The molecular weight excluding hydrogens is 286 g/mol. The Labute approximate surface area is 130 Å². The van der Waals surface area contributed by atoms with Crippen molar-refractivity contribution >= 4 is 11.6 Å². The van der Waals surface area contributed by atoms with Crippen LogP contribution in [0.25, 0.3) is 0 Å². The minimum Gasteiger partial charge on any atom is -0.496 e. The molecule has 0 aliphatic heterocycles. The van der Waals surface area contributed by atoms with E-state index >= 15 is 0 Å². The van der Waals surface area contributed by atoms with Crippen LogP contribution in [0.1, 0.15) is 18.1 Å². The van der Waals surface area contributed by atoms with E-state index in [4.69, 9.17) is 26.8 Å². The van der Waals surface area contributed by atoms with Crippen LogP contribution in [0.3, 0.4) is 0 Å². The first-order chi connectivity index (χ1) is 10.1. The number of hydrogen-bond acceptors (Lipinski definition) is 3. The average Bonchev–Trinajstić information content (AvgIpc) is 2.46. The molecule has 0 amide bonds. The van der Waals surface area contributed by atoms with Gasteiger partial charge in [-0.05, 0) is 49.2 Å². The minimum atomic E-state index is 0.160. The lowest BCUT2D eigenvalue weighted by Gasteiger charge is -2.11. The second kappa shape index (κ2) is 7.34. The van der Waals surface area contributed by atoms with Gasteiger partial charge in [0.2, 0.25) is 0 Å². The normalized spacial score (nSPS) is 12.0. The lowest BCUT2D eigenvalue weighted by atomic mass is 10.1. The summed E-state index contributed by atoms with van der Waals surface area (Å²) in [6.07, 6.45) is 0.863. The average molecular weight is 306 g/mol. The monoisotopic (exact) mass is 305 g/mol. The molecule has 0 spiro atoms. The van der Waals surface area contributed by atoms with Crippen LogP contribution in [0, 0.1) is 0 Å². The largest absolute Gasteiger partial charge is 0.496 e. The van der Waals surface area contributed by atoms with Crippen LogP contribution >= 0.6 is 11.6 Å². The summed E-state index contributed by atoms with van der Waals surface area (Å²) in [6.45, 7) is 2.41. The van der Waals surface area contributed by atoms with E-state index in [0.29, 0.717) is 11.6 Å². The predicted molar refractivity (Wildman–Crippen MR) is 86.1 cm³/mol. The molecule has 0 heterocycles. The van der Waals surface area contributed by atoms with E-state index in [-0.39, 0.29) is 6.04 Å². The molecule has 0 bridgehead atoms. The van der Waals surface area contributed by atoms with Crippen molar-refractivity contribution in [2.24, 2.45) is 5.73 Å². The van der Waals surface area contributed by atoms with Gasteiger partial charge in [0.05, 0.1) is 7.11 Å². The first-order valence-electron chi connectivity index (χ1n) is 6.88. The number of ether oxygens (including phenoxy) is 2. The highest BCUT2D eigenvalue weighted by molar-refractivity contribution is 6.30. The maximum Gasteiger partial charge on any atom is 0.125 e. The van der Waals surface area contributed by atoms with E-state index in [2.05, 4.69) is 0 Å². The number of halogens is 1. The molecule has 2 aromatic rings. The Morgan fingerprint density at radius 1 is 1.14 bits per heavy atom. The van der Waals surface area contributed by atoms with Gasteiger partial charge in [-0.2, -0.15) is 0 Å². The van der Waals surface area contributed by atoms with E-state index in [9.17, 15) is 0 Å². The van der Waals surface area contributed by atoms with Gasteiger partial charge < -0.3 is 15.2 Å². The van der Waals surface area contributed by atoms with Crippen molar-refractivity contribution in [3.63, 3.8) is 0 Å². The fourth-order valence-corrected chi connectivity index (χ4v) is 2.31. The second-order valence-corrected chi connectivity index (χ2v) is 5.51. The Kier molecular flexibility index (Phi) is 5.48. The zero-order valence-electron chi connectivity index (χ0n) is 12.3. The highest BCUT2D eigenvalue weighted by atomic mass is 35.5. The first kappa shape index (κ1) is 15.7. The lowest BCUT2D eigenvalue weighted by molar-refractivity contribution is 0.296. The molecular formula is C17H20ClNO2. The summed E-state index contributed by atoms with van der Waals surface area (Å²) in [7, 11) is 1.63. The van der Waals surface area contributed by atoms with Crippen LogP contribution in [0.2, 0.25) is 5.02 Å². The van der Waals surface area contributed by atoms with E-state index in [1.807, 2.05) is 43.3 Å². The van der Waals surface area contributed by atoms with Crippen LogP contribution in [0.15, 0.2) is 42.5 Å². The molecule has 2 rings (SSSR count). The quantitative estimate of drug-likeness (QED) is 0.882. The molecule has 1 unspecified atom stereocenters. The fraction of sp³-hybridized carbons (Fsp3) is 0.294.